The van der Waals surface area contributed by atoms with Crippen molar-refractivity contribution in [3.05, 3.63) is 65.7 Å². The van der Waals surface area contributed by atoms with Crippen molar-refractivity contribution in [2.75, 3.05) is 11.9 Å². The van der Waals surface area contributed by atoms with Gasteiger partial charge in [0.25, 0.3) is 0 Å². The summed E-state index contributed by atoms with van der Waals surface area (Å²) in [4.78, 5) is 12.5. The van der Waals surface area contributed by atoms with E-state index in [-0.39, 0.29) is 23.3 Å². The smallest absolute Gasteiger partial charge is 0.305 e. The third-order valence-electron chi connectivity index (χ3n) is 3.75. The van der Waals surface area contributed by atoms with Crippen molar-refractivity contribution in [3.63, 3.8) is 0 Å². The molecule has 0 bridgehead atoms. The Morgan fingerprint density at radius 2 is 1.89 bits per heavy atom. The number of amides is 1. The van der Waals surface area contributed by atoms with Gasteiger partial charge in [0, 0.05) is 23.2 Å². The predicted octanol–water partition coefficient (Wildman–Crippen LogP) is 3.74. The molecule has 0 fully saturated rings. The van der Waals surface area contributed by atoms with Gasteiger partial charge in [-0.25, -0.2) is 4.39 Å². The van der Waals surface area contributed by atoms with Gasteiger partial charge in [-0.2, -0.15) is 0 Å². The number of hydrogen-bond donors (Lipinski definition) is 3. The number of fused-ring (bicyclic) bond motifs is 1. The molecule has 140 valence electrons. The van der Waals surface area contributed by atoms with Gasteiger partial charge >= 0.3 is 5.91 Å². The molecule has 0 aliphatic carbocycles. The standard InChI is InChI=1S/C19H18FN3O3S/c1-2-25-11-15-14-5-3-4-6-16(14)26-17(15)18(24)22-23-19(27)21-13-9-7-12(20)8-10-13/h3-10H,2,11H2,1H3,(H,22,24)(H2,21,23,27). The van der Waals surface area contributed by atoms with Gasteiger partial charge in [0.15, 0.2) is 10.9 Å². The van der Waals surface area contributed by atoms with Crippen LogP contribution in [0.25, 0.3) is 11.0 Å². The number of hydrogen-bond acceptors (Lipinski definition) is 4. The fourth-order valence-corrected chi connectivity index (χ4v) is 2.66. The Morgan fingerprint density at radius 1 is 1.15 bits per heavy atom. The number of rotatable bonds is 5. The minimum atomic E-state index is -0.482. The van der Waals surface area contributed by atoms with Crippen LogP contribution in [-0.2, 0) is 11.3 Å². The summed E-state index contributed by atoms with van der Waals surface area (Å²) in [6.45, 7) is 2.65. The van der Waals surface area contributed by atoms with Gasteiger partial charge in [-0.05, 0) is 49.5 Å². The second-order valence-electron chi connectivity index (χ2n) is 5.58. The van der Waals surface area contributed by atoms with Gasteiger partial charge in [0.2, 0.25) is 0 Å². The lowest BCUT2D eigenvalue weighted by molar-refractivity contribution is 0.0905. The van der Waals surface area contributed by atoms with E-state index in [2.05, 4.69) is 16.2 Å². The van der Waals surface area contributed by atoms with E-state index in [1.54, 1.807) is 6.07 Å². The molecular formula is C19H18FN3O3S. The minimum Gasteiger partial charge on any atom is -0.450 e. The zero-order chi connectivity index (χ0) is 19.2. The Morgan fingerprint density at radius 3 is 2.63 bits per heavy atom. The van der Waals surface area contributed by atoms with Crippen LogP contribution in [-0.4, -0.2) is 17.6 Å². The lowest BCUT2D eigenvalue weighted by Gasteiger charge is -2.11. The van der Waals surface area contributed by atoms with Crippen LogP contribution < -0.4 is 16.2 Å². The summed E-state index contributed by atoms with van der Waals surface area (Å²) >= 11 is 5.12. The number of ether oxygens (including phenoxy) is 1. The van der Waals surface area contributed by atoms with E-state index in [1.807, 2.05) is 25.1 Å². The fraction of sp³-hybridized carbons (Fsp3) is 0.158. The highest BCUT2D eigenvalue weighted by Gasteiger charge is 2.20. The number of carbonyl (C=O) groups excluding carboxylic acids is 1. The molecule has 27 heavy (non-hydrogen) atoms. The van der Waals surface area contributed by atoms with Crippen LogP contribution in [0.3, 0.4) is 0 Å². The maximum absolute atomic E-state index is 12.9. The molecule has 0 spiro atoms. The number of carbonyl (C=O) groups is 1. The van der Waals surface area contributed by atoms with Gasteiger partial charge in [0.05, 0.1) is 6.61 Å². The number of hydrazine groups is 1. The lowest BCUT2D eigenvalue weighted by atomic mass is 10.1. The van der Waals surface area contributed by atoms with Crippen LogP contribution in [0.15, 0.2) is 52.9 Å². The SMILES string of the molecule is CCOCc1c(C(=O)NNC(=S)Nc2ccc(F)cc2)oc2ccccc12. The number of anilines is 1. The molecule has 1 aromatic heterocycles. The van der Waals surface area contributed by atoms with Crippen molar-refractivity contribution < 1.29 is 18.3 Å². The van der Waals surface area contributed by atoms with E-state index in [0.717, 1.165) is 5.39 Å². The van der Waals surface area contributed by atoms with Crippen LogP contribution >= 0.6 is 12.2 Å². The molecule has 3 N–H and O–H groups in total. The number of thiocarbonyl (C=S) groups is 1. The third kappa shape index (κ3) is 4.60. The second-order valence-corrected chi connectivity index (χ2v) is 5.99. The Kier molecular flexibility index (Phi) is 6.00. The van der Waals surface area contributed by atoms with Crippen LogP contribution in [0.2, 0.25) is 0 Å². The van der Waals surface area contributed by atoms with Crippen LogP contribution in [0.5, 0.6) is 0 Å². The monoisotopic (exact) mass is 387 g/mol. The van der Waals surface area contributed by atoms with E-state index in [4.69, 9.17) is 21.4 Å². The van der Waals surface area contributed by atoms with Crippen LogP contribution in [0.4, 0.5) is 10.1 Å². The predicted molar refractivity (Wildman–Crippen MR) is 105 cm³/mol. The summed E-state index contributed by atoms with van der Waals surface area (Å²) in [6.07, 6.45) is 0. The summed E-state index contributed by atoms with van der Waals surface area (Å²) in [5.41, 5.74) is 6.95. The van der Waals surface area contributed by atoms with Crippen molar-refractivity contribution >= 4 is 39.9 Å². The van der Waals surface area contributed by atoms with E-state index in [9.17, 15) is 9.18 Å². The minimum absolute atomic E-state index is 0.150. The van der Waals surface area contributed by atoms with Crippen LogP contribution in [0, 0.1) is 5.82 Å². The Labute approximate surface area is 160 Å². The average Bonchev–Trinajstić information content (AvgIpc) is 3.05. The van der Waals surface area contributed by atoms with Gasteiger partial charge in [0.1, 0.15) is 11.4 Å². The highest BCUT2D eigenvalue weighted by Crippen LogP contribution is 2.26. The second kappa shape index (κ2) is 8.61. The molecule has 1 heterocycles. The number of nitrogens with one attached hydrogen (secondary N) is 3. The number of halogens is 1. The maximum Gasteiger partial charge on any atom is 0.305 e. The lowest BCUT2D eigenvalue weighted by Crippen LogP contribution is -2.43. The molecule has 0 aliphatic rings. The van der Waals surface area contributed by atoms with Gasteiger partial charge < -0.3 is 14.5 Å². The summed E-state index contributed by atoms with van der Waals surface area (Å²) in [5, 5.41) is 3.81. The topological polar surface area (TPSA) is 75.5 Å². The number of para-hydroxylation sites is 1. The molecule has 2 aromatic carbocycles. The third-order valence-corrected chi connectivity index (χ3v) is 3.95. The quantitative estimate of drug-likeness (QED) is 0.457. The van der Waals surface area contributed by atoms with Crippen molar-refractivity contribution in [2.24, 2.45) is 0 Å². The largest absolute Gasteiger partial charge is 0.450 e. The van der Waals surface area contributed by atoms with Crippen molar-refractivity contribution in [3.8, 4) is 0 Å². The molecule has 0 saturated heterocycles. The zero-order valence-electron chi connectivity index (χ0n) is 14.5. The molecule has 3 rings (SSSR count). The summed E-state index contributed by atoms with van der Waals surface area (Å²) in [6, 6.07) is 13.0. The molecular weight excluding hydrogens is 369 g/mol. The summed E-state index contributed by atoms with van der Waals surface area (Å²) in [7, 11) is 0. The molecule has 1 amide bonds. The first-order valence-electron chi connectivity index (χ1n) is 8.29. The van der Waals surface area contributed by atoms with E-state index >= 15 is 0 Å². The first-order valence-corrected chi connectivity index (χ1v) is 8.70. The van der Waals surface area contributed by atoms with Gasteiger partial charge in [-0.15, -0.1) is 0 Å². The van der Waals surface area contributed by atoms with E-state index in [1.165, 1.54) is 24.3 Å². The molecule has 3 aromatic rings. The molecule has 8 heteroatoms. The average molecular weight is 387 g/mol. The summed E-state index contributed by atoms with van der Waals surface area (Å²) < 4.78 is 24.1. The Bertz CT molecular complexity index is 956. The molecule has 0 radical (unpaired) electrons. The molecule has 0 atom stereocenters. The molecule has 6 nitrogen and oxygen atoms in total. The van der Waals surface area contributed by atoms with E-state index < -0.39 is 5.91 Å². The van der Waals surface area contributed by atoms with Crippen molar-refractivity contribution in [1.82, 2.24) is 10.9 Å². The molecule has 0 saturated carbocycles. The normalized spacial score (nSPS) is 10.6. The number of benzene rings is 2. The van der Waals surface area contributed by atoms with Gasteiger partial charge in [-0.3, -0.25) is 15.6 Å². The summed E-state index contributed by atoms with van der Waals surface area (Å²) in [5.74, 6) is -0.676. The maximum atomic E-state index is 12.9. The molecule has 0 unspecified atom stereocenters. The van der Waals surface area contributed by atoms with Crippen molar-refractivity contribution in [2.45, 2.75) is 13.5 Å². The highest BCUT2D eigenvalue weighted by atomic mass is 32.1. The van der Waals surface area contributed by atoms with Crippen molar-refractivity contribution in [1.29, 1.82) is 0 Å². The fourth-order valence-electron chi connectivity index (χ4n) is 2.50. The van der Waals surface area contributed by atoms with Crippen LogP contribution in [0.1, 0.15) is 23.0 Å². The first kappa shape index (κ1) is 18.8. The highest BCUT2D eigenvalue weighted by molar-refractivity contribution is 7.80. The Balaban J connectivity index is 1.68. The first-order chi connectivity index (χ1) is 13.1. The van der Waals surface area contributed by atoms with Gasteiger partial charge in [-0.1, -0.05) is 18.2 Å². The number of furan rings is 1. The zero-order valence-corrected chi connectivity index (χ0v) is 15.4. The van der Waals surface area contributed by atoms with E-state index in [0.29, 0.717) is 23.4 Å². The Hall–Kier alpha value is -2.97. The molecule has 0 aliphatic heterocycles.